The monoisotopic (exact) mass is 291 g/mol. The van der Waals surface area contributed by atoms with Gasteiger partial charge in [0.1, 0.15) is 0 Å². The van der Waals surface area contributed by atoms with Crippen LogP contribution in [0.15, 0.2) is 22.6 Å². The first-order valence-corrected chi connectivity index (χ1v) is 7.03. The number of benzene rings is 1. The predicted molar refractivity (Wildman–Crippen MR) is 80.7 cm³/mol. The third-order valence-corrected chi connectivity index (χ3v) is 3.59. The number of aryl methyl sites for hydroxylation is 1. The Kier molecular flexibility index (Phi) is 4.85. The van der Waals surface area contributed by atoms with Crippen molar-refractivity contribution in [3.63, 3.8) is 0 Å². The van der Waals surface area contributed by atoms with Crippen LogP contribution in [0.1, 0.15) is 29.5 Å². The summed E-state index contributed by atoms with van der Waals surface area (Å²) in [5, 5.41) is 12.6. The number of aliphatic hydroxyl groups excluding tert-OH is 1. The number of rotatable bonds is 6. The topological polar surface area (TPSA) is 71.7 Å². The average molecular weight is 291 g/mol. The molecule has 2 N–H and O–H groups in total. The highest BCUT2D eigenvalue weighted by Gasteiger charge is 2.19. The fourth-order valence-corrected chi connectivity index (χ4v) is 2.26. The maximum absolute atomic E-state index is 12.2. The summed E-state index contributed by atoms with van der Waals surface area (Å²) in [5.74, 6) is 0.905. The number of ether oxygens (including phenoxy) is 1. The van der Waals surface area contributed by atoms with Crippen LogP contribution < -0.4 is 10.1 Å². The van der Waals surface area contributed by atoms with E-state index in [0.29, 0.717) is 30.1 Å². The molecule has 1 aromatic heterocycles. The van der Waals surface area contributed by atoms with Crippen molar-refractivity contribution in [2.75, 3.05) is 20.3 Å². The lowest BCUT2D eigenvalue weighted by Gasteiger charge is -2.10. The lowest BCUT2D eigenvalue weighted by Crippen LogP contribution is -2.28. The fourth-order valence-electron chi connectivity index (χ4n) is 2.26. The van der Waals surface area contributed by atoms with Gasteiger partial charge in [-0.15, -0.1) is 0 Å². The van der Waals surface area contributed by atoms with E-state index in [1.54, 1.807) is 13.2 Å². The molecule has 0 aliphatic heterocycles. The van der Waals surface area contributed by atoms with Crippen molar-refractivity contribution >= 4 is 16.9 Å². The van der Waals surface area contributed by atoms with Gasteiger partial charge in [0, 0.05) is 24.1 Å². The highest BCUT2D eigenvalue weighted by Crippen LogP contribution is 2.32. The van der Waals surface area contributed by atoms with Gasteiger partial charge in [0.25, 0.3) is 5.91 Å². The maximum atomic E-state index is 12.2. The molecule has 0 radical (unpaired) electrons. The first kappa shape index (κ1) is 15.4. The molecule has 0 aliphatic carbocycles. The van der Waals surface area contributed by atoms with Gasteiger partial charge in [-0.05, 0) is 25.3 Å². The molecule has 1 aromatic carbocycles. The van der Waals surface area contributed by atoms with Crippen molar-refractivity contribution in [3.8, 4) is 5.75 Å². The van der Waals surface area contributed by atoms with Gasteiger partial charge in [-0.1, -0.05) is 19.1 Å². The molecule has 5 nitrogen and oxygen atoms in total. The average Bonchev–Trinajstić information content (AvgIpc) is 2.82. The molecule has 0 saturated heterocycles. The molecule has 0 saturated carbocycles. The zero-order chi connectivity index (χ0) is 15.4. The molecule has 5 heteroatoms. The van der Waals surface area contributed by atoms with E-state index >= 15 is 0 Å². The van der Waals surface area contributed by atoms with E-state index in [9.17, 15) is 4.79 Å². The number of hydrogen-bond acceptors (Lipinski definition) is 4. The molecule has 2 rings (SSSR count). The lowest BCUT2D eigenvalue weighted by molar-refractivity contribution is 0.0919. The molecular formula is C16H21NO4. The van der Waals surface area contributed by atoms with Crippen molar-refractivity contribution in [3.05, 3.63) is 29.5 Å². The normalized spacial score (nSPS) is 12.4. The molecule has 0 aliphatic rings. The second-order valence-corrected chi connectivity index (χ2v) is 5.22. The summed E-state index contributed by atoms with van der Waals surface area (Å²) < 4.78 is 10.9. The molecule has 114 valence electrons. The molecule has 21 heavy (non-hydrogen) atoms. The van der Waals surface area contributed by atoms with Gasteiger partial charge in [0.05, 0.1) is 7.11 Å². The highest BCUT2D eigenvalue weighted by atomic mass is 16.5. The molecule has 0 bridgehead atoms. The van der Waals surface area contributed by atoms with Crippen LogP contribution >= 0.6 is 0 Å². The third-order valence-electron chi connectivity index (χ3n) is 3.59. The highest BCUT2D eigenvalue weighted by molar-refractivity contribution is 6.00. The Hall–Kier alpha value is -2.01. The minimum atomic E-state index is -0.240. The number of fused-ring (bicyclic) bond motifs is 1. The van der Waals surface area contributed by atoms with Gasteiger partial charge in [-0.2, -0.15) is 0 Å². The Morgan fingerprint density at radius 1 is 1.48 bits per heavy atom. The molecule has 2 aromatic rings. The van der Waals surface area contributed by atoms with Crippen LogP contribution in [0.4, 0.5) is 0 Å². The Bertz CT molecular complexity index is 632. The summed E-state index contributed by atoms with van der Waals surface area (Å²) in [4.78, 5) is 12.2. The molecule has 1 unspecified atom stereocenters. The van der Waals surface area contributed by atoms with Gasteiger partial charge in [0.15, 0.2) is 17.1 Å². The number of carbonyl (C=O) groups excluding carboxylic acids is 1. The van der Waals surface area contributed by atoms with Crippen LogP contribution in [0.3, 0.4) is 0 Å². The Morgan fingerprint density at radius 3 is 2.90 bits per heavy atom. The predicted octanol–water partition coefficient (Wildman–Crippen LogP) is 2.50. The number of aliphatic hydroxyl groups is 1. The number of methoxy groups -OCH3 is 1. The number of hydrogen-bond donors (Lipinski definition) is 2. The quantitative estimate of drug-likeness (QED) is 0.857. The van der Waals surface area contributed by atoms with E-state index in [2.05, 4.69) is 5.32 Å². The zero-order valence-electron chi connectivity index (χ0n) is 12.6. The van der Waals surface area contributed by atoms with Gasteiger partial charge >= 0.3 is 0 Å². The largest absolute Gasteiger partial charge is 0.493 e. The van der Waals surface area contributed by atoms with E-state index in [-0.39, 0.29) is 18.4 Å². The molecule has 1 amide bonds. The number of para-hydroxylation sites is 1. The minimum absolute atomic E-state index is 0.123. The van der Waals surface area contributed by atoms with Crippen molar-refractivity contribution < 1.29 is 19.1 Å². The Labute approximate surface area is 123 Å². The first-order valence-electron chi connectivity index (χ1n) is 7.03. The van der Waals surface area contributed by atoms with Crippen LogP contribution in [0.2, 0.25) is 0 Å². The summed E-state index contributed by atoms with van der Waals surface area (Å²) in [6, 6.07) is 5.58. The second-order valence-electron chi connectivity index (χ2n) is 5.22. The summed E-state index contributed by atoms with van der Waals surface area (Å²) >= 11 is 0. The number of amides is 1. The fraction of sp³-hybridized carbons (Fsp3) is 0.438. The van der Waals surface area contributed by atoms with E-state index in [1.165, 1.54) is 0 Å². The van der Waals surface area contributed by atoms with Crippen LogP contribution in [0.25, 0.3) is 11.0 Å². The van der Waals surface area contributed by atoms with Crippen LogP contribution in [-0.4, -0.2) is 31.3 Å². The van der Waals surface area contributed by atoms with Crippen molar-refractivity contribution in [1.29, 1.82) is 0 Å². The van der Waals surface area contributed by atoms with Crippen molar-refractivity contribution in [2.24, 2.45) is 5.92 Å². The Balaban J connectivity index is 2.22. The number of carbonyl (C=O) groups is 1. The number of nitrogens with one attached hydrogen (secondary N) is 1. The smallest absolute Gasteiger partial charge is 0.287 e. The first-order chi connectivity index (χ1) is 10.1. The van der Waals surface area contributed by atoms with E-state index < -0.39 is 0 Å². The van der Waals surface area contributed by atoms with Crippen molar-refractivity contribution in [2.45, 2.75) is 20.3 Å². The van der Waals surface area contributed by atoms with E-state index in [1.807, 2.05) is 26.0 Å². The molecule has 1 atom stereocenters. The molecule has 0 spiro atoms. The van der Waals surface area contributed by atoms with Crippen LogP contribution in [0.5, 0.6) is 5.75 Å². The van der Waals surface area contributed by atoms with Gasteiger partial charge in [-0.25, -0.2) is 0 Å². The zero-order valence-corrected chi connectivity index (χ0v) is 12.6. The summed E-state index contributed by atoms with van der Waals surface area (Å²) in [6.45, 7) is 4.47. The number of furan rings is 1. The van der Waals surface area contributed by atoms with Gasteiger partial charge in [0.2, 0.25) is 0 Å². The SMILES string of the molecule is COc1cccc2c(C)c(C(=O)NCC(C)CCO)oc12. The molecule has 1 heterocycles. The minimum Gasteiger partial charge on any atom is -0.493 e. The van der Waals surface area contributed by atoms with Crippen molar-refractivity contribution in [1.82, 2.24) is 5.32 Å². The maximum Gasteiger partial charge on any atom is 0.287 e. The molecule has 0 fully saturated rings. The standard InChI is InChI=1S/C16H21NO4/c1-10(7-8-18)9-17-16(19)14-11(2)12-5-4-6-13(20-3)15(12)21-14/h4-6,10,18H,7-9H2,1-3H3,(H,17,19). The summed E-state index contributed by atoms with van der Waals surface area (Å²) in [5.41, 5.74) is 1.39. The Morgan fingerprint density at radius 2 is 2.24 bits per heavy atom. The third kappa shape index (κ3) is 3.19. The lowest BCUT2D eigenvalue weighted by atomic mass is 10.1. The van der Waals surface area contributed by atoms with E-state index in [4.69, 9.17) is 14.3 Å². The second kappa shape index (κ2) is 6.63. The van der Waals surface area contributed by atoms with Crippen LogP contribution in [-0.2, 0) is 0 Å². The summed E-state index contributed by atoms with van der Waals surface area (Å²) in [7, 11) is 1.57. The van der Waals surface area contributed by atoms with Crippen LogP contribution in [0, 0.1) is 12.8 Å². The molecular weight excluding hydrogens is 270 g/mol. The van der Waals surface area contributed by atoms with Gasteiger partial charge < -0.3 is 19.6 Å². The van der Waals surface area contributed by atoms with Gasteiger partial charge in [-0.3, -0.25) is 4.79 Å². The van der Waals surface area contributed by atoms with E-state index in [0.717, 1.165) is 10.9 Å². The summed E-state index contributed by atoms with van der Waals surface area (Å²) in [6.07, 6.45) is 0.660.